The van der Waals surface area contributed by atoms with E-state index in [0.29, 0.717) is 0 Å². The molecule has 0 bridgehead atoms. The average Bonchev–Trinajstić information content (AvgIpc) is 1.35. The van der Waals surface area contributed by atoms with Gasteiger partial charge in [0.1, 0.15) is 0 Å². The van der Waals surface area contributed by atoms with Crippen molar-refractivity contribution in [3.63, 3.8) is 0 Å². The molecule has 4 nitrogen and oxygen atoms in total. The predicted molar refractivity (Wildman–Crippen MR) is 30.8 cm³/mol. The molecule has 0 amide bonds. The van der Waals surface area contributed by atoms with Gasteiger partial charge in [-0.3, -0.25) is 4.31 Å². The molecular formula is H6CaO4P2. The van der Waals surface area contributed by atoms with Crippen LogP contribution in [0.1, 0.15) is 2.85 Å². The van der Waals surface area contributed by atoms with Crippen molar-refractivity contribution >= 4 is 55.0 Å². The van der Waals surface area contributed by atoms with E-state index in [2.05, 4.69) is 4.31 Å². The van der Waals surface area contributed by atoms with Gasteiger partial charge in [-0.2, -0.15) is 0 Å². The SMILES string of the molecule is O=P(O)(O)OP.[Ca+2].[H-].[H-]. The summed E-state index contributed by atoms with van der Waals surface area (Å²) in [6.07, 6.45) is 0. The molecule has 0 heterocycles. The normalized spacial score (nSPS) is 10.1. The Balaban J connectivity index is -0.0000000417. The van der Waals surface area contributed by atoms with E-state index in [0.717, 1.165) is 0 Å². The first-order valence-electron chi connectivity index (χ1n) is 1.00. The Morgan fingerprint density at radius 1 is 1.71 bits per heavy atom. The van der Waals surface area contributed by atoms with Crippen LogP contribution >= 0.6 is 17.3 Å². The molecule has 0 radical (unpaired) electrons. The molecule has 0 fully saturated rings. The molecule has 0 aromatic heterocycles. The molecule has 0 aliphatic carbocycles. The van der Waals surface area contributed by atoms with E-state index in [1.165, 1.54) is 9.47 Å². The monoisotopic (exact) mass is 172 g/mol. The van der Waals surface area contributed by atoms with Gasteiger partial charge in [-0.25, -0.2) is 4.57 Å². The summed E-state index contributed by atoms with van der Waals surface area (Å²) in [5.74, 6) is 0. The molecule has 0 saturated carbocycles. The van der Waals surface area contributed by atoms with Crippen molar-refractivity contribution in [1.82, 2.24) is 0 Å². The van der Waals surface area contributed by atoms with E-state index in [-0.39, 0.29) is 40.6 Å². The third kappa shape index (κ3) is 11.4. The number of hydrogen-bond acceptors (Lipinski definition) is 2. The average molecular weight is 172 g/mol. The zero-order valence-corrected chi connectivity index (χ0v) is 7.70. The third-order valence-corrected chi connectivity index (χ3v) is 1.24. The second-order valence-electron chi connectivity index (χ2n) is 0.596. The van der Waals surface area contributed by atoms with Gasteiger partial charge >= 0.3 is 45.6 Å². The first-order chi connectivity index (χ1) is 2.56. The zero-order valence-electron chi connectivity index (χ0n) is 5.44. The summed E-state index contributed by atoms with van der Waals surface area (Å²) < 4.78 is 13.0. The molecule has 1 atom stereocenters. The quantitative estimate of drug-likeness (QED) is 0.422. The minimum absolute atomic E-state index is 0. The number of rotatable bonds is 1. The van der Waals surface area contributed by atoms with Gasteiger partial charge in [-0.15, -0.1) is 0 Å². The van der Waals surface area contributed by atoms with E-state index in [9.17, 15) is 4.57 Å². The van der Waals surface area contributed by atoms with Gasteiger partial charge in [0.2, 0.25) is 0 Å². The summed E-state index contributed by atoms with van der Waals surface area (Å²) in [4.78, 5) is 15.4. The molecule has 0 spiro atoms. The second-order valence-corrected chi connectivity index (χ2v) is 2.42. The van der Waals surface area contributed by atoms with Crippen LogP contribution in [0, 0.1) is 0 Å². The first kappa shape index (κ1) is 11.6. The molecule has 0 aliphatic rings. The van der Waals surface area contributed by atoms with Crippen molar-refractivity contribution in [1.29, 1.82) is 0 Å². The Labute approximate surface area is 76.1 Å². The summed E-state index contributed by atoms with van der Waals surface area (Å²) >= 11 is 0. The zero-order chi connectivity index (χ0) is 5.21. The fourth-order valence-electron chi connectivity index (χ4n) is 0. The van der Waals surface area contributed by atoms with Gasteiger partial charge in [0, 0.05) is 9.47 Å². The molecule has 2 N–H and O–H groups in total. The summed E-state index contributed by atoms with van der Waals surface area (Å²) in [5, 5.41) is 0. The van der Waals surface area contributed by atoms with E-state index in [4.69, 9.17) is 9.79 Å². The largest absolute Gasteiger partial charge is 2.00 e. The van der Waals surface area contributed by atoms with Crippen LogP contribution in [-0.2, 0) is 8.88 Å². The van der Waals surface area contributed by atoms with Crippen LogP contribution < -0.4 is 0 Å². The molecular weight excluding hydrogens is 166 g/mol. The summed E-state index contributed by atoms with van der Waals surface area (Å²) in [6.45, 7) is 0. The maximum atomic E-state index is 9.45. The molecule has 0 aromatic rings. The maximum absolute atomic E-state index is 9.45. The Hall–Kier alpha value is 1.80. The third-order valence-electron chi connectivity index (χ3n) is 0.137. The summed E-state index contributed by atoms with van der Waals surface area (Å²) in [7, 11) is -2.72. The van der Waals surface area contributed by atoms with Crippen molar-refractivity contribution in [2.75, 3.05) is 0 Å². The Morgan fingerprint density at radius 2 is 1.86 bits per heavy atom. The fraction of sp³-hybridized carbons (Fsp3) is 0. The molecule has 0 aliphatic heterocycles. The van der Waals surface area contributed by atoms with Gasteiger partial charge in [0.15, 0.2) is 0 Å². The standard InChI is InChI=1S/Ca.H4O4P2.2H/c;1-6(2,3)4-5;;/h;5H2,(H2,1,2,3);;/q+2;;2*-1. The molecule has 0 rings (SSSR count). The van der Waals surface area contributed by atoms with Gasteiger partial charge in [-0.05, 0) is 0 Å². The Kier molecular flexibility index (Phi) is 7.70. The number of phosphoric acid groups is 1. The van der Waals surface area contributed by atoms with Gasteiger partial charge < -0.3 is 12.6 Å². The molecule has 1 unspecified atom stereocenters. The minimum atomic E-state index is -4.18. The molecule has 7 heavy (non-hydrogen) atoms. The maximum Gasteiger partial charge on any atom is 2.00 e. The van der Waals surface area contributed by atoms with Crippen LogP contribution in [0.25, 0.3) is 0 Å². The molecule has 7 heteroatoms. The van der Waals surface area contributed by atoms with Crippen molar-refractivity contribution in [3.8, 4) is 0 Å². The fourth-order valence-corrected chi connectivity index (χ4v) is 0. The van der Waals surface area contributed by atoms with Crippen molar-refractivity contribution in [2.45, 2.75) is 0 Å². The van der Waals surface area contributed by atoms with E-state index < -0.39 is 7.82 Å². The van der Waals surface area contributed by atoms with Gasteiger partial charge in [0.05, 0.1) is 0 Å². The van der Waals surface area contributed by atoms with Gasteiger partial charge in [0.25, 0.3) is 0 Å². The molecule has 0 aromatic carbocycles. The molecule has 42 valence electrons. The second kappa shape index (κ2) is 4.66. The van der Waals surface area contributed by atoms with Crippen molar-refractivity contribution in [3.05, 3.63) is 0 Å². The van der Waals surface area contributed by atoms with Gasteiger partial charge in [-0.1, -0.05) is 0 Å². The van der Waals surface area contributed by atoms with Crippen LogP contribution in [0.15, 0.2) is 0 Å². The van der Waals surface area contributed by atoms with Crippen LogP contribution in [0.3, 0.4) is 0 Å². The Bertz CT molecular complexity index is 80.6. The first-order valence-corrected chi connectivity index (χ1v) is 3.00. The predicted octanol–water partition coefficient (Wildman–Crippen LogP) is -0.270. The van der Waals surface area contributed by atoms with E-state index >= 15 is 0 Å². The Morgan fingerprint density at radius 3 is 1.86 bits per heavy atom. The van der Waals surface area contributed by atoms with E-state index in [1.807, 2.05) is 0 Å². The topological polar surface area (TPSA) is 66.8 Å². The number of hydrogen-bond donors (Lipinski definition) is 2. The van der Waals surface area contributed by atoms with Crippen molar-refractivity contribution in [2.24, 2.45) is 0 Å². The van der Waals surface area contributed by atoms with Crippen molar-refractivity contribution < 1.29 is 21.5 Å². The van der Waals surface area contributed by atoms with Crippen LogP contribution in [0.2, 0.25) is 0 Å². The van der Waals surface area contributed by atoms with Crippen LogP contribution in [0.5, 0.6) is 0 Å². The van der Waals surface area contributed by atoms with E-state index in [1.54, 1.807) is 0 Å². The molecule has 0 saturated heterocycles. The summed E-state index contributed by atoms with van der Waals surface area (Å²) in [5.41, 5.74) is 0. The smallest absolute Gasteiger partial charge is 1.00 e. The van der Waals surface area contributed by atoms with Crippen LogP contribution in [0.4, 0.5) is 0 Å². The summed E-state index contributed by atoms with van der Waals surface area (Å²) in [6, 6.07) is 0. The minimum Gasteiger partial charge on any atom is -1.00 e. The van der Waals surface area contributed by atoms with Crippen LogP contribution in [-0.4, -0.2) is 47.5 Å².